The number of benzene rings is 1. The molecule has 1 aliphatic rings. The van der Waals surface area contributed by atoms with E-state index in [4.69, 9.17) is 4.74 Å². The molecule has 1 N–H and O–H groups in total. The van der Waals surface area contributed by atoms with Crippen molar-refractivity contribution in [3.05, 3.63) is 47.0 Å². The molecule has 0 heterocycles. The predicted octanol–water partition coefficient (Wildman–Crippen LogP) is 3.09. The van der Waals surface area contributed by atoms with E-state index in [1.165, 1.54) is 18.4 Å². The summed E-state index contributed by atoms with van der Waals surface area (Å²) < 4.78 is 5.04. The van der Waals surface area contributed by atoms with Crippen LogP contribution in [0.2, 0.25) is 0 Å². The summed E-state index contributed by atoms with van der Waals surface area (Å²) in [5.74, 6) is -0.607. The second kappa shape index (κ2) is 9.13. The predicted molar refractivity (Wildman–Crippen MR) is 90.0 cm³/mol. The van der Waals surface area contributed by atoms with Crippen LogP contribution in [0, 0.1) is 6.92 Å². The Hall–Kier alpha value is -2.10. The Kier molecular flexibility index (Phi) is 6.85. The van der Waals surface area contributed by atoms with Crippen molar-refractivity contribution in [3.8, 4) is 0 Å². The molecule has 1 amide bonds. The standard InChI is InChI=1S/C19H25NO3/c1-15-7-5-6-10-17(15)13-19(22)23-14-18(21)20-12-11-16-8-3-2-4-9-16/h5-8,10H,2-4,9,11-14H2,1H3,(H,20,21). The molecule has 0 aliphatic heterocycles. The van der Waals surface area contributed by atoms with Gasteiger partial charge < -0.3 is 10.1 Å². The molecule has 0 saturated heterocycles. The van der Waals surface area contributed by atoms with E-state index in [1.807, 2.05) is 31.2 Å². The van der Waals surface area contributed by atoms with Crippen molar-refractivity contribution in [2.75, 3.05) is 13.2 Å². The Morgan fingerprint density at radius 3 is 2.78 bits per heavy atom. The maximum atomic E-state index is 11.8. The van der Waals surface area contributed by atoms with Crippen LogP contribution in [-0.2, 0) is 20.7 Å². The fourth-order valence-corrected chi connectivity index (χ4v) is 2.71. The summed E-state index contributed by atoms with van der Waals surface area (Å²) in [6.07, 6.45) is 8.18. The zero-order valence-electron chi connectivity index (χ0n) is 13.8. The van der Waals surface area contributed by atoms with Gasteiger partial charge in [-0.2, -0.15) is 0 Å². The van der Waals surface area contributed by atoms with Crippen molar-refractivity contribution in [1.29, 1.82) is 0 Å². The summed E-state index contributed by atoms with van der Waals surface area (Å²) in [6, 6.07) is 7.67. The number of aryl methyl sites for hydroxylation is 1. The number of hydrogen-bond acceptors (Lipinski definition) is 3. The maximum absolute atomic E-state index is 11.8. The van der Waals surface area contributed by atoms with Gasteiger partial charge in [-0.1, -0.05) is 35.9 Å². The van der Waals surface area contributed by atoms with Gasteiger partial charge in [-0.25, -0.2) is 0 Å². The zero-order valence-corrected chi connectivity index (χ0v) is 13.8. The average molecular weight is 315 g/mol. The van der Waals surface area contributed by atoms with Gasteiger partial charge >= 0.3 is 5.97 Å². The SMILES string of the molecule is Cc1ccccc1CC(=O)OCC(=O)NCCC1=CCCCC1. The molecule has 0 spiro atoms. The Morgan fingerprint density at radius 1 is 1.22 bits per heavy atom. The fraction of sp³-hybridized carbons (Fsp3) is 0.474. The van der Waals surface area contributed by atoms with Crippen molar-refractivity contribution in [1.82, 2.24) is 5.32 Å². The van der Waals surface area contributed by atoms with Gasteiger partial charge in [-0.3, -0.25) is 9.59 Å². The average Bonchev–Trinajstić information content (AvgIpc) is 2.56. The summed E-state index contributed by atoms with van der Waals surface area (Å²) in [6.45, 7) is 2.36. The van der Waals surface area contributed by atoms with Crippen molar-refractivity contribution in [3.63, 3.8) is 0 Å². The molecule has 4 nitrogen and oxygen atoms in total. The number of esters is 1. The number of carbonyl (C=O) groups excluding carboxylic acids is 2. The van der Waals surface area contributed by atoms with Gasteiger partial charge in [0.15, 0.2) is 6.61 Å². The normalized spacial score (nSPS) is 14.0. The van der Waals surface area contributed by atoms with Crippen LogP contribution in [0.25, 0.3) is 0 Å². The minimum atomic E-state index is -0.371. The first-order valence-corrected chi connectivity index (χ1v) is 8.30. The van der Waals surface area contributed by atoms with Crippen LogP contribution >= 0.6 is 0 Å². The van der Waals surface area contributed by atoms with Crippen LogP contribution in [0.3, 0.4) is 0 Å². The van der Waals surface area contributed by atoms with Crippen LogP contribution in [0.5, 0.6) is 0 Å². The van der Waals surface area contributed by atoms with E-state index < -0.39 is 0 Å². The molecule has 0 fully saturated rings. The van der Waals surface area contributed by atoms with Crippen LogP contribution < -0.4 is 5.32 Å². The summed E-state index contributed by atoms with van der Waals surface area (Å²) in [4.78, 5) is 23.5. The number of amides is 1. The van der Waals surface area contributed by atoms with Crippen molar-refractivity contribution < 1.29 is 14.3 Å². The number of hydrogen-bond donors (Lipinski definition) is 1. The van der Waals surface area contributed by atoms with E-state index >= 15 is 0 Å². The lowest BCUT2D eigenvalue weighted by Gasteiger charge is -2.13. The van der Waals surface area contributed by atoms with Gasteiger partial charge in [0, 0.05) is 6.54 Å². The lowest BCUT2D eigenvalue weighted by atomic mass is 9.97. The molecule has 0 aromatic heterocycles. The molecule has 1 aromatic rings. The molecule has 0 unspecified atom stereocenters. The lowest BCUT2D eigenvalue weighted by Crippen LogP contribution is -2.30. The van der Waals surface area contributed by atoms with Crippen molar-refractivity contribution in [2.45, 2.75) is 45.4 Å². The Morgan fingerprint density at radius 2 is 2.04 bits per heavy atom. The molecule has 0 saturated carbocycles. The highest BCUT2D eigenvalue weighted by Crippen LogP contribution is 2.19. The molecule has 4 heteroatoms. The molecule has 23 heavy (non-hydrogen) atoms. The van der Waals surface area contributed by atoms with E-state index in [2.05, 4.69) is 11.4 Å². The third kappa shape index (κ3) is 6.27. The van der Waals surface area contributed by atoms with E-state index in [0.717, 1.165) is 30.4 Å². The van der Waals surface area contributed by atoms with Crippen molar-refractivity contribution in [2.24, 2.45) is 0 Å². The molecular formula is C19H25NO3. The molecule has 1 aliphatic carbocycles. The summed E-state index contributed by atoms with van der Waals surface area (Å²) in [5, 5.41) is 2.80. The lowest BCUT2D eigenvalue weighted by molar-refractivity contribution is -0.147. The van der Waals surface area contributed by atoms with Crippen LogP contribution in [-0.4, -0.2) is 25.0 Å². The monoisotopic (exact) mass is 315 g/mol. The fourth-order valence-electron chi connectivity index (χ4n) is 2.71. The third-order valence-corrected chi connectivity index (χ3v) is 4.11. The Labute approximate surface area is 137 Å². The zero-order chi connectivity index (χ0) is 16.5. The van der Waals surface area contributed by atoms with Crippen LogP contribution in [0.15, 0.2) is 35.9 Å². The smallest absolute Gasteiger partial charge is 0.310 e. The van der Waals surface area contributed by atoms with E-state index in [1.54, 1.807) is 0 Å². The number of rotatable bonds is 7. The van der Waals surface area contributed by atoms with Gasteiger partial charge in [0.1, 0.15) is 0 Å². The number of allylic oxidation sites excluding steroid dienone is 1. The number of ether oxygens (including phenoxy) is 1. The molecular weight excluding hydrogens is 290 g/mol. The van der Waals surface area contributed by atoms with Crippen LogP contribution in [0.1, 0.15) is 43.2 Å². The summed E-state index contributed by atoms with van der Waals surface area (Å²) in [5.41, 5.74) is 3.41. The summed E-state index contributed by atoms with van der Waals surface area (Å²) >= 11 is 0. The van der Waals surface area contributed by atoms with E-state index in [9.17, 15) is 9.59 Å². The quantitative estimate of drug-likeness (QED) is 0.621. The molecule has 1 aromatic carbocycles. The number of carbonyl (C=O) groups is 2. The van der Waals surface area contributed by atoms with E-state index in [0.29, 0.717) is 6.54 Å². The second-order valence-corrected chi connectivity index (χ2v) is 5.97. The highest BCUT2D eigenvalue weighted by atomic mass is 16.5. The first-order chi connectivity index (χ1) is 11.1. The number of nitrogens with one attached hydrogen (secondary N) is 1. The summed E-state index contributed by atoms with van der Waals surface area (Å²) in [7, 11) is 0. The van der Waals surface area contributed by atoms with Gasteiger partial charge in [0.25, 0.3) is 5.91 Å². The molecule has 124 valence electrons. The van der Waals surface area contributed by atoms with Gasteiger partial charge in [-0.05, 0) is 50.2 Å². The first-order valence-electron chi connectivity index (χ1n) is 8.30. The first kappa shape index (κ1) is 17.3. The third-order valence-electron chi connectivity index (χ3n) is 4.11. The van der Waals surface area contributed by atoms with Crippen LogP contribution in [0.4, 0.5) is 0 Å². The van der Waals surface area contributed by atoms with Crippen molar-refractivity contribution >= 4 is 11.9 Å². The topological polar surface area (TPSA) is 55.4 Å². The van der Waals surface area contributed by atoms with Gasteiger partial charge in [0.05, 0.1) is 6.42 Å². The van der Waals surface area contributed by atoms with Gasteiger partial charge in [0.2, 0.25) is 0 Å². The van der Waals surface area contributed by atoms with E-state index in [-0.39, 0.29) is 24.9 Å². The molecule has 2 rings (SSSR count). The molecule has 0 atom stereocenters. The molecule has 0 radical (unpaired) electrons. The second-order valence-electron chi connectivity index (χ2n) is 5.97. The Balaban J connectivity index is 1.63. The minimum Gasteiger partial charge on any atom is -0.455 e. The minimum absolute atomic E-state index is 0.201. The Bertz CT molecular complexity index is 578. The highest BCUT2D eigenvalue weighted by molar-refractivity contribution is 5.81. The largest absolute Gasteiger partial charge is 0.455 e. The highest BCUT2D eigenvalue weighted by Gasteiger charge is 2.10. The maximum Gasteiger partial charge on any atom is 0.310 e. The molecule has 0 bridgehead atoms. The van der Waals surface area contributed by atoms with Gasteiger partial charge in [-0.15, -0.1) is 0 Å².